The van der Waals surface area contributed by atoms with E-state index in [1.807, 2.05) is 31.2 Å². The van der Waals surface area contributed by atoms with Crippen LogP contribution in [-0.2, 0) is 0 Å². The van der Waals surface area contributed by atoms with Crippen molar-refractivity contribution < 1.29 is 14.3 Å². The highest BCUT2D eigenvalue weighted by molar-refractivity contribution is 5.90. The van der Waals surface area contributed by atoms with Crippen LogP contribution < -0.4 is 10.2 Å². The Balaban J connectivity index is 2.01. The highest BCUT2D eigenvalue weighted by Crippen LogP contribution is 2.35. The van der Waals surface area contributed by atoms with Crippen LogP contribution in [0.25, 0.3) is 33.5 Å². The fraction of sp³-hybridized carbons (Fsp3) is 0.100. The van der Waals surface area contributed by atoms with E-state index in [0.717, 1.165) is 11.1 Å². The average molecular weight is 348 g/mol. The number of hydrogen-bond donors (Lipinski definition) is 2. The number of aromatic nitrogens is 2. The quantitative estimate of drug-likeness (QED) is 0.587. The molecular weight excluding hydrogens is 332 g/mol. The van der Waals surface area contributed by atoms with Crippen molar-refractivity contribution in [1.29, 1.82) is 0 Å². The lowest BCUT2D eigenvalue weighted by molar-refractivity contribution is 0.415. The Labute approximate surface area is 148 Å². The number of oxazole rings is 1. The number of aromatic amines is 1. The minimum absolute atomic E-state index is 0.322. The van der Waals surface area contributed by atoms with Crippen molar-refractivity contribution >= 4 is 10.9 Å². The lowest BCUT2D eigenvalue weighted by Crippen LogP contribution is -2.06. The van der Waals surface area contributed by atoms with Gasteiger partial charge in [0.1, 0.15) is 5.75 Å². The van der Waals surface area contributed by atoms with Gasteiger partial charge in [0.2, 0.25) is 5.43 Å². The summed E-state index contributed by atoms with van der Waals surface area (Å²) in [6, 6.07) is 10.9. The Morgan fingerprint density at radius 1 is 1.23 bits per heavy atom. The van der Waals surface area contributed by atoms with Crippen molar-refractivity contribution in [2.75, 3.05) is 7.11 Å². The molecule has 0 radical (unpaired) electrons. The Morgan fingerprint density at radius 3 is 2.77 bits per heavy atom. The first-order valence-electron chi connectivity index (χ1n) is 8.01. The number of rotatable bonds is 3. The fourth-order valence-electron chi connectivity index (χ4n) is 3.03. The molecule has 4 aromatic rings. The van der Waals surface area contributed by atoms with Crippen molar-refractivity contribution in [3.63, 3.8) is 0 Å². The van der Waals surface area contributed by atoms with E-state index in [4.69, 9.17) is 9.15 Å². The first kappa shape index (κ1) is 16.0. The van der Waals surface area contributed by atoms with E-state index < -0.39 is 5.43 Å². The second-order valence-corrected chi connectivity index (χ2v) is 6.01. The summed E-state index contributed by atoms with van der Waals surface area (Å²) in [6.45, 7) is 1.95. The minimum Gasteiger partial charge on any atom is -0.503 e. The summed E-state index contributed by atoms with van der Waals surface area (Å²) in [5.41, 5.74) is 2.83. The number of nitrogens with zero attached hydrogens (tertiary/aromatic N) is 1. The van der Waals surface area contributed by atoms with Gasteiger partial charge in [-0.2, -0.15) is 0 Å². The van der Waals surface area contributed by atoms with Gasteiger partial charge < -0.3 is 19.2 Å². The molecule has 6 heteroatoms. The Kier molecular flexibility index (Phi) is 3.73. The number of ether oxygens (including phenoxy) is 1. The maximum Gasteiger partial charge on any atom is 0.231 e. The zero-order valence-corrected chi connectivity index (χ0v) is 14.2. The molecule has 0 amide bonds. The van der Waals surface area contributed by atoms with Crippen LogP contribution in [0.15, 0.2) is 58.2 Å². The molecule has 2 N–H and O–H groups in total. The van der Waals surface area contributed by atoms with Gasteiger partial charge in [-0.15, -0.1) is 0 Å². The van der Waals surface area contributed by atoms with Crippen LogP contribution in [0, 0.1) is 6.92 Å². The van der Waals surface area contributed by atoms with E-state index >= 15 is 0 Å². The summed E-state index contributed by atoms with van der Waals surface area (Å²) in [6.07, 6.45) is 2.85. The van der Waals surface area contributed by atoms with Crippen molar-refractivity contribution in [3.8, 4) is 34.1 Å². The second-order valence-electron chi connectivity index (χ2n) is 6.01. The maximum absolute atomic E-state index is 12.8. The monoisotopic (exact) mass is 348 g/mol. The summed E-state index contributed by atoms with van der Waals surface area (Å²) in [4.78, 5) is 19.8. The number of nitrogens with one attached hydrogen (secondary N) is 1. The number of methoxy groups -OCH3 is 1. The molecule has 0 fully saturated rings. The molecule has 130 valence electrons. The van der Waals surface area contributed by atoms with Gasteiger partial charge in [-0.1, -0.05) is 23.8 Å². The van der Waals surface area contributed by atoms with Crippen molar-refractivity contribution in [1.82, 2.24) is 9.97 Å². The third-order valence-electron chi connectivity index (χ3n) is 4.30. The first-order chi connectivity index (χ1) is 12.6. The molecule has 0 aliphatic heterocycles. The van der Waals surface area contributed by atoms with Crippen LogP contribution in [0.3, 0.4) is 0 Å². The van der Waals surface area contributed by atoms with E-state index in [1.54, 1.807) is 25.4 Å². The summed E-state index contributed by atoms with van der Waals surface area (Å²) in [5, 5.41) is 10.8. The molecule has 2 aromatic carbocycles. The molecule has 6 nitrogen and oxygen atoms in total. The van der Waals surface area contributed by atoms with E-state index in [0.29, 0.717) is 33.7 Å². The number of H-pyrrole nitrogens is 1. The van der Waals surface area contributed by atoms with E-state index in [2.05, 4.69) is 9.97 Å². The van der Waals surface area contributed by atoms with Crippen LogP contribution >= 0.6 is 0 Å². The number of aryl methyl sites for hydroxylation is 1. The highest BCUT2D eigenvalue weighted by Gasteiger charge is 2.17. The van der Waals surface area contributed by atoms with Crippen LogP contribution in [-0.4, -0.2) is 22.2 Å². The van der Waals surface area contributed by atoms with Crippen LogP contribution in [0.4, 0.5) is 0 Å². The topological polar surface area (TPSA) is 88.4 Å². The molecule has 0 saturated heterocycles. The van der Waals surface area contributed by atoms with Gasteiger partial charge in [-0.3, -0.25) is 4.79 Å². The predicted molar refractivity (Wildman–Crippen MR) is 98.5 cm³/mol. The highest BCUT2D eigenvalue weighted by atomic mass is 16.5. The molecule has 2 heterocycles. The average Bonchev–Trinajstić information content (AvgIpc) is 3.18. The molecule has 0 aliphatic carbocycles. The molecular formula is C20H16N2O4. The van der Waals surface area contributed by atoms with E-state index in [9.17, 15) is 9.90 Å². The molecule has 4 rings (SSSR count). The summed E-state index contributed by atoms with van der Waals surface area (Å²) in [5.74, 6) is 0.688. The number of pyridine rings is 1. The minimum atomic E-state index is -0.460. The third-order valence-corrected chi connectivity index (χ3v) is 4.30. The van der Waals surface area contributed by atoms with Gasteiger partial charge >= 0.3 is 0 Å². The molecule has 0 spiro atoms. The molecule has 0 aliphatic rings. The smallest absolute Gasteiger partial charge is 0.231 e. The summed E-state index contributed by atoms with van der Waals surface area (Å²) in [7, 11) is 1.54. The Bertz CT molecular complexity index is 1160. The van der Waals surface area contributed by atoms with Gasteiger partial charge in [0.25, 0.3) is 0 Å². The second kappa shape index (κ2) is 6.07. The van der Waals surface area contributed by atoms with Crippen LogP contribution in [0.2, 0.25) is 0 Å². The van der Waals surface area contributed by atoms with Crippen molar-refractivity contribution in [2.45, 2.75) is 6.92 Å². The van der Waals surface area contributed by atoms with Crippen LogP contribution in [0.5, 0.6) is 11.5 Å². The Morgan fingerprint density at radius 2 is 2.08 bits per heavy atom. The largest absolute Gasteiger partial charge is 0.503 e. The van der Waals surface area contributed by atoms with Gasteiger partial charge in [0.15, 0.2) is 17.9 Å². The van der Waals surface area contributed by atoms with Gasteiger partial charge in [-0.25, -0.2) is 4.98 Å². The summed E-state index contributed by atoms with van der Waals surface area (Å²) >= 11 is 0. The first-order valence-corrected chi connectivity index (χ1v) is 8.01. The molecule has 0 saturated carbocycles. The van der Waals surface area contributed by atoms with Gasteiger partial charge in [0.05, 0.1) is 35.5 Å². The maximum atomic E-state index is 12.8. The van der Waals surface area contributed by atoms with Gasteiger partial charge in [0, 0.05) is 11.6 Å². The SMILES string of the molecule is COc1cc2[nH]c(-c3cccc(C)c3)c(O)c(=O)c2cc1-c1cnco1. The standard InChI is InChI=1S/C20H16N2O4/c1-11-4-3-5-12(6-11)18-20(24)19(23)13-7-14(17-9-21-10-26-17)16(25-2)8-15(13)22-18/h3-10,24H,1-2H3,(H,22,23). The number of benzene rings is 2. The van der Waals surface area contributed by atoms with Crippen molar-refractivity contribution in [3.05, 3.63) is 64.8 Å². The van der Waals surface area contributed by atoms with E-state index in [1.165, 1.54) is 6.39 Å². The zero-order valence-electron chi connectivity index (χ0n) is 14.2. The molecule has 2 aromatic heterocycles. The normalized spacial score (nSPS) is 11.0. The predicted octanol–water partition coefficient (Wildman–Crippen LogP) is 3.87. The van der Waals surface area contributed by atoms with Crippen LogP contribution in [0.1, 0.15) is 5.56 Å². The molecule has 0 unspecified atom stereocenters. The molecule has 0 bridgehead atoms. The summed E-state index contributed by atoms with van der Waals surface area (Å²) < 4.78 is 10.8. The Hall–Kier alpha value is -3.54. The lowest BCUT2D eigenvalue weighted by Gasteiger charge is -2.11. The van der Waals surface area contributed by atoms with Crippen molar-refractivity contribution in [2.24, 2.45) is 0 Å². The number of hydrogen-bond acceptors (Lipinski definition) is 5. The lowest BCUT2D eigenvalue weighted by atomic mass is 10.0. The molecule has 0 atom stereocenters. The fourth-order valence-corrected chi connectivity index (χ4v) is 3.03. The zero-order chi connectivity index (χ0) is 18.3. The third kappa shape index (κ3) is 2.52. The van der Waals surface area contributed by atoms with E-state index in [-0.39, 0.29) is 5.75 Å². The number of fused-ring (bicyclic) bond motifs is 1. The molecule has 26 heavy (non-hydrogen) atoms. The number of aromatic hydroxyl groups is 1. The van der Waals surface area contributed by atoms with Gasteiger partial charge in [-0.05, 0) is 19.1 Å².